The van der Waals surface area contributed by atoms with E-state index in [9.17, 15) is 4.79 Å². The van der Waals surface area contributed by atoms with Crippen LogP contribution in [0.3, 0.4) is 0 Å². The van der Waals surface area contributed by atoms with Gasteiger partial charge in [0.25, 0.3) is 0 Å². The van der Waals surface area contributed by atoms with Gasteiger partial charge in [-0.2, -0.15) is 0 Å². The van der Waals surface area contributed by atoms with Crippen molar-refractivity contribution >= 4 is 29.3 Å². The summed E-state index contributed by atoms with van der Waals surface area (Å²) in [4.78, 5) is 12.7. The molecule has 3 nitrogen and oxygen atoms in total. The van der Waals surface area contributed by atoms with Crippen molar-refractivity contribution in [2.75, 3.05) is 18.8 Å². The minimum absolute atomic E-state index is 0.103. The largest absolute Gasteiger partial charge is 0.356 e. The van der Waals surface area contributed by atoms with E-state index in [1.54, 1.807) is 0 Å². The first kappa shape index (κ1) is 14.7. The lowest BCUT2D eigenvalue weighted by Gasteiger charge is -2.26. The average Bonchev–Trinajstić information content (AvgIpc) is 2.39. The van der Waals surface area contributed by atoms with Gasteiger partial charge in [-0.25, -0.2) is 0 Å². The van der Waals surface area contributed by atoms with Crippen LogP contribution >= 0.6 is 23.4 Å². The number of fused-ring (bicyclic) bond motifs is 1. The van der Waals surface area contributed by atoms with Gasteiger partial charge in [0, 0.05) is 35.5 Å². The molecular formula is C14H19ClN2OS. The summed E-state index contributed by atoms with van der Waals surface area (Å²) >= 11 is 7.94. The second kappa shape index (κ2) is 7.17. The van der Waals surface area contributed by atoms with Crippen molar-refractivity contribution < 1.29 is 4.79 Å². The summed E-state index contributed by atoms with van der Waals surface area (Å²) in [5.41, 5.74) is 1.26. The molecule has 0 saturated carbocycles. The van der Waals surface area contributed by atoms with Crippen LogP contribution in [0.15, 0.2) is 23.1 Å². The fourth-order valence-corrected chi connectivity index (χ4v) is 3.51. The number of halogens is 1. The van der Waals surface area contributed by atoms with Crippen LogP contribution < -0.4 is 10.6 Å². The van der Waals surface area contributed by atoms with Crippen LogP contribution in [0.25, 0.3) is 0 Å². The Kier molecular flexibility index (Phi) is 5.55. The summed E-state index contributed by atoms with van der Waals surface area (Å²) in [6.07, 6.45) is 1.60. The topological polar surface area (TPSA) is 41.1 Å². The van der Waals surface area contributed by atoms with Crippen molar-refractivity contribution in [2.45, 2.75) is 30.7 Å². The molecule has 1 aliphatic heterocycles. The fourth-order valence-electron chi connectivity index (χ4n) is 2.22. The van der Waals surface area contributed by atoms with Gasteiger partial charge in [-0.1, -0.05) is 11.6 Å². The molecule has 104 valence electrons. The Morgan fingerprint density at radius 3 is 3.16 bits per heavy atom. The fraction of sp³-hybridized carbons (Fsp3) is 0.500. The second-order valence-electron chi connectivity index (χ2n) is 4.53. The summed E-state index contributed by atoms with van der Waals surface area (Å²) in [7, 11) is 0. The van der Waals surface area contributed by atoms with Crippen LogP contribution in [0, 0.1) is 0 Å². The van der Waals surface area contributed by atoms with E-state index in [4.69, 9.17) is 11.6 Å². The lowest BCUT2D eigenvalue weighted by Crippen LogP contribution is -2.30. The van der Waals surface area contributed by atoms with Gasteiger partial charge in [0.1, 0.15) is 0 Å². The van der Waals surface area contributed by atoms with E-state index in [1.807, 2.05) is 30.8 Å². The Labute approximate surface area is 123 Å². The predicted octanol–water partition coefficient (Wildman–Crippen LogP) is 2.99. The molecule has 1 unspecified atom stereocenters. The number of carbonyl (C=O) groups is 1. The minimum atomic E-state index is 0.103. The Morgan fingerprint density at radius 2 is 2.37 bits per heavy atom. The Morgan fingerprint density at radius 1 is 1.53 bits per heavy atom. The van der Waals surface area contributed by atoms with E-state index in [-0.39, 0.29) is 5.91 Å². The second-order valence-corrected chi connectivity index (χ2v) is 6.10. The van der Waals surface area contributed by atoms with Gasteiger partial charge in [-0.05, 0) is 42.9 Å². The molecule has 0 aliphatic carbocycles. The number of thioether (sulfide) groups is 1. The van der Waals surface area contributed by atoms with Gasteiger partial charge in [0.05, 0.1) is 0 Å². The van der Waals surface area contributed by atoms with Crippen molar-refractivity contribution in [2.24, 2.45) is 0 Å². The molecule has 0 fully saturated rings. The Balaban J connectivity index is 1.92. The number of rotatable bonds is 5. The first-order valence-electron chi connectivity index (χ1n) is 6.63. The lowest BCUT2D eigenvalue weighted by molar-refractivity contribution is -0.120. The highest BCUT2D eigenvalue weighted by Crippen LogP contribution is 2.37. The van der Waals surface area contributed by atoms with E-state index in [2.05, 4.69) is 16.7 Å². The number of nitrogens with one attached hydrogen (secondary N) is 2. The van der Waals surface area contributed by atoms with Gasteiger partial charge in [0.15, 0.2) is 0 Å². The summed E-state index contributed by atoms with van der Waals surface area (Å²) in [6.45, 7) is 3.33. The molecule has 0 bridgehead atoms. The summed E-state index contributed by atoms with van der Waals surface area (Å²) in [5, 5.41) is 7.04. The van der Waals surface area contributed by atoms with E-state index >= 15 is 0 Å². The molecular weight excluding hydrogens is 280 g/mol. The van der Waals surface area contributed by atoms with E-state index in [0.29, 0.717) is 25.6 Å². The monoisotopic (exact) mass is 298 g/mol. The first-order chi connectivity index (χ1) is 9.20. The number of hydrogen-bond acceptors (Lipinski definition) is 3. The maximum atomic E-state index is 11.4. The Bertz CT molecular complexity index is 453. The van der Waals surface area contributed by atoms with Crippen LogP contribution in [0.1, 0.15) is 31.4 Å². The third kappa shape index (κ3) is 4.13. The van der Waals surface area contributed by atoms with Crippen molar-refractivity contribution in [1.29, 1.82) is 0 Å². The van der Waals surface area contributed by atoms with Gasteiger partial charge < -0.3 is 10.6 Å². The van der Waals surface area contributed by atoms with Crippen LogP contribution in [0.5, 0.6) is 0 Å². The summed E-state index contributed by atoms with van der Waals surface area (Å²) < 4.78 is 0. The highest BCUT2D eigenvalue weighted by atomic mass is 35.5. The molecule has 5 heteroatoms. The predicted molar refractivity (Wildman–Crippen MR) is 80.8 cm³/mol. The zero-order valence-electron chi connectivity index (χ0n) is 11.0. The van der Waals surface area contributed by atoms with E-state index in [1.165, 1.54) is 10.5 Å². The van der Waals surface area contributed by atoms with Crippen LogP contribution in [0.2, 0.25) is 5.02 Å². The quantitative estimate of drug-likeness (QED) is 0.878. The van der Waals surface area contributed by atoms with Crippen molar-refractivity contribution in [3.63, 3.8) is 0 Å². The standard InChI is InChI=1S/C14H19ClN2OS/c1-2-16-14(18)5-7-17-12-6-8-19-13-4-3-10(15)9-11(12)13/h3-4,9,12,17H,2,5-8H2,1H3,(H,16,18). The minimum Gasteiger partial charge on any atom is -0.356 e. The van der Waals surface area contributed by atoms with Gasteiger partial charge in [0.2, 0.25) is 5.91 Å². The third-order valence-corrected chi connectivity index (χ3v) is 4.49. The lowest BCUT2D eigenvalue weighted by atomic mass is 10.0. The molecule has 19 heavy (non-hydrogen) atoms. The van der Waals surface area contributed by atoms with Gasteiger partial charge >= 0.3 is 0 Å². The zero-order valence-corrected chi connectivity index (χ0v) is 12.6. The van der Waals surface area contributed by atoms with E-state index < -0.39 is 0 Å². The maximum absolute atomic E-state index is 11.4. The van der Waals surface area contributed by atoms with Crippen molar-refractivity contribution in [3.05, 3.63) is 28.8 Å². The normalized spacial score (nSPS) is 17.9. The molecule has 1 aromatic carbocycles. The summed E-state index contributed by atoms with van der Waals surface area (Å²) in [5.74, 6) is 1.21. The molecule has 1 heterocycles. The van der Waals surface area contributed by atoms with Crippen LogP contribution in [-0.4, -0.2) is 24.7 Å². The molecule has 1 amide bonds. The maximum Gasteiger partial charge on any atom is 0.221 e. The van der Waals surface area contributed by atoms with Crippen molar-refractivity contribution in [3.8, 4) is 0 Å². The first-order valence-corrected chi connectivity index (χ1v) is 7.99. The summed E-state index contributed by atoms with van der Waals surface area (Å²) in [6, 6.07) is 6.36. The SMILES string of the molecule is CCNC(=O)CCNC1CCSc2ccc(Cl)cc21. The van der Waals surface area contributed by atoms with Crippen LogP contribution in [0.4, 0.5) is 0 Å². The number of benzene rings is 1. The molecule has 2 N–H and O–H groups in total. The molecule has 0 radical (unpaired) electrons. The molecule has 1 aromatic rings. The molecule has 0 saturated heterocycles. The smallest absolute Gasteiger partial charge is 0.221 e. The van der Waals surface area contributed by atoms with E-state index in [0.717, 1.165) is 17.2 Å². The number of amides is 1. The van der Waals surface area contributed by atoms with Crippen LogP contribution in [-0.2, 0) is 4.79 Å². The highest BCUT2D eigenvalue weighted by molar-refractivity contribution is 7.99. The molecule has 0 spiro atoms. The average molecular weight is 299 g/mol. The van der Waals surface area contributed by atoms with Crippen molar-refractivity contribution in [1.82, 2.24) is 10.6 Å². The molecule has 1 aliphatic rings. The molecule has 1 atom stereocenters. The zero-order chi connectivity index (χ0) is 13.7. The molecule has 2 rings (SSSR count). The van der Waals surface area contributed by atoms with Gasteiger partial charge in [-0.3, -0.25) is 4.79 Å². The Hall–Kier alpha value is -0.710. The van der Waals surface area contributed by atoms with Gasteiger partial charge in [-0.15, -0.1) is 11.8 Å². The highest BCUT2D eigenvalue weighted by Gasteiger charge is 2.20. The number of hydrogen-bond donors (Lipinski definition) is 2. The third-order valence-electron chi connectivity index (χ3n) is 3.13. The molecule has 0 aromatic heterocycles. The number of carbonyl (C=O) groups excluding carboxylic acids is 1.